The van der Waals surface area contributed by atoms with Crippen LogP contribution in [0.15, 0.2) is 129 Å². The first kappa shape index (κ1) is 68.2. The minimum atomic E-state index is -1.000. The zero-order chi connectivity index (χ0) is 62.0. The Morgan fingerprint density at radius 1 is 0.561 bits per heavy atom. The number of amides is 1. The highest BCUT2D eigenvalue weighted by molar-refractivity contribution is 7.79. The van der Waals surface area contributed by atoms with Gasteiger partial charge in [0.2, 0.25) is 5.91 Å². The Hall–Kier alpha value is -8.03. The number of benzene rings is 4. The van der Waals surface area contributed by atoms with E-state index in [-0.39, 0.29) is 58.4 Å². The molecule has 0 aliphatic heterocycles. The fourth-order valence-electron chi connectivity index (χ4n) is 9.08. The number of hydrogen-bond donors (Lipinski definition) is 3. The summed E-state index contributed by atoms with van der Waals surface area (Å²) in [6, 6.07) is 21.5. The van der Waals surface area contributed by atoms with E-state index in [0.29, 0.717) is 22.9 Å². The second kappa shape index (κ2) is 29.1. The SMILES string of the molecule is C=CC(=O)Nc1nc2ccccc2s1.C=CC(=O)OC(C)(C)CC(C)(C)Oc1ccc(C(=O)Oc2cc(C)c(OC(=O)c3ccc(OC(C)(C)CC(C)(C)OC(=O)C=C)c(OC(C)(C)CC(C)(C)OC(=O)C=C)c3)c(C=N)c2)cc1.CS. The predicted molar refractivity (Wildman–Crippen MR) is 324 cm³/mol. The first-order valence-electron chi connectivity index (χ1n) is 25.8. The number of thiol groups is 1. The number of anilines is 1. The van der Waals surface area contributed by atoms with E-state index in [0.717, 1.165) is 34.7 Å². The molecule has 1 heterocycles. The largest absolute Gasteiger partial charge is 0.488 e. The molecule has 0 spiro atoms. The van der Waals surface area contributed by atoms with Gasteiger partial charge < -0.3 is 43.3 Å². The summed E-state index contributed by atoms with van der Waals surface area (Å²) in [5.41, 5.74) is -3.67. The van der Waals surface area contributed by atoms with Gasteiger partial charge >= 0.3 is 29.8 Å². The van der Waals surface area contributed by atoms with Crippen LogP contribution in [0.2, 0.25) is 0 Å². The van der Waals surface area contributed by atoms with Crippen molar-refractivity contribution in [3.05, 3.63) is 152 Å². The van der Waals surface area contributed by atoms with Gasteiger partial charge in [-0.05, 0) is 175 Å². The van der Waals surface area contributed by atoms with Gasteiger partial charge in [0.15, 0.2) is 16.6 Å². The Bertz CT molecular complexity index is 3120. The number of aryl methyl sites for hydroxylation is 1. The van der Waals surface area contributed by atoms with E-state index < -0.39 is 63.5 Å². The molecule has 1 amide bonds. The molecule has 0 saturated heterocycles. The highest BCUT2D eigenvalue weighted by Gasteiger charge is 2.37. The van der Waals surface area contributed by atoms with Crippen LogP contribution in [0.1, 0.15) is 134 Å². The molecule has 0 saturated carbocycles. The van der Waals surface area contributed by atoms with Gasteiger partial charge in [-0.25, -0.2) is 29.0 Å². The van der Waals surface area contributed by atoms with E-state index >= 15 is 0 Å². The van der Waals surface area contributed by atoms with Crippen LogP contribution in [0.4, 0.5) is 5.13 Å². The molecule has 19 heteroatoms. The average molecular weight is 1160 g/mol. The smallest absolute Gasteiger partial charge is 0.343 e. The van der Waals surface area contributed by atoms with Gasteiger partial charge in [-0.3, -0.25) is 10.1 Å². The second-order valence-corrected chi connectivity index (χ2v) is 23.2. The van der Waals surface area contributed by atoms with Crippen molar-refractivity contribution >= 4 is 81.3 Å². The Labute approximate surface area is 491 Å². The van der Waals surface area contributed by atoms with Gasteiger partial charge in [-0.2, -0.15) is 12.6 Å². The van der Waals surface area contributed by atoms with E-state index in [1.165, 1.54) is 41.7 Å². The van der Waals surface area contributed by atoms with Crippen molar-refractivity contribution in [2.75, 3.05) is 11.6 Å². The van der Waals surface area contributed by atoms with Crippen LogP contribution >= 0.6 is 24.0 Å². The molecular weight excluding hydrogens is 1090 g/mol. The van der Waals surface area contributed by atoms with Crippen LogP contribution in [0.3, 0.4) is 0 Å². The molecule has 5 aromatic rings. The van der Waals surface area contributed by atoms with Gasteiger partial charge in [0.25, 0.3) is 0 Å². The quantitative estimate of drug-likeness (QED) is 0.0123. The molecule has 0 radical (unpaired) electrons. The van der Waals surface area contributed by atoms with Crippen LogP contribution in [0.25, 0.3) is 10.2 Å². The maximum Gasteiger partial charge on any atom is 0.343 e. The lowest BCUT2D eigenvalue weighted by Crippen LogP contribution is -2.41. The zero-order valence-corrected chi connectivity index (χ0v) is 51.1. The molecule has 0 atom stereocenters. The number of aromatic nitrogens is 1. The van der Waals surface area contributed by atoms with Gasteiger partial charge in [0, 0.05) is 49.3 Å². The first-order valence-corrected chi connectivity index (χ1v) is 27.5. The molecule has 0 bridgehead atoms. The van der Waals surface area contributed by atoms with Crippen LogP contribution < -0.4 is 29.0 Å². The van der Waals surface area contributed by atoms with Crippen molar-refractivity contribution in [2.24, 2.45) is 0 Å². The number of hydrogen-bond acceptors (Lipinski definition) is 18. The number of nitrogens with zero attached hydrogens (tertiary/aromatic N) is 1. The summed E-state index contributed by atoms with van der Waals surface area (Å²) in [7, 11) is 0. The van der Waals surface area contributed by atoms with Crippen molar-refractivity contribution in [3.63, 3.8) is 0 Å². The molecule has 17 nitrogen and oxygen atoms in total. The Morgan fingerprint density at radius 2 is 1.02 bits per heavy atom. The summed E-state index contributed by atoms with van der Waals surface area (Å²) in [6.45, 7) is 36.9. The molecule has 440 valence electrons. The van der Waals surface area contributed by atoms with Crippen LogP contribution in [0.5, 0.6) is 28.7 Å². The van der Waals surface area contributed by atoms with E-state index in [9.17, 15) is 28.8 Å². The van der Waals surface area contributed by atoms with Crippen LogP contribution in [-0.2, 0) is 33.4 Å². The zero-order valence-electron chi connectivity index (χ0n) is 49.4. The third-order valence-electron chi connectivity index (χ3n) is 11.2. The number of rotatable bonds is 25. The lowest BCUT2D eigenvalue weighted by atomic mass is 9.91. The summed E-state index contributed by atoms with van der Waals surface area (Å²) in [6.07, 6.45) is 8.01. The summed E-state index contributed by atoms with van der Waals surface area (Å²) < 4.78 is 48.4. The van der Waals surface area contributed by atoms with Crippen molar-refractivity contribution in [2.45, 2.75) is 143 Å². The molecule has 4 aromatic carbocycles. The molecule has 1 aromatic heterocycles. The molecule has 5 rings (SSSR count). The summed E-state index contributed by atoms with van der Waals surface area (Å²) >= 11 is 4.98. The fraction of sp³-hybridized carbons (Fsp3) is 0.365. The average Bonchev–Trinajstić information content (AvgIpc) is 3.80. The summed E-state index contributed by atoms with van der Waals surface area (Å²) in [4.78, 5) is 78.3. The highest BCUT2D eigenvalue weighted by Crippen LogP contribution is 2.40. The van der Waals surface area contributed by atoms with Crippen molar-refractivity contribution in [1.29, 1.82) is 5.41 Å². The van der Waals surface area contributed by atoms with E-state index in [4.69, 9.17) is 43.3 Å². The van der Waals surface area contributed by atoms with Crippen molar-refractivity contribution in [1.82, 2.24) is 4.98 Å². The number of carbonyl (C=O) groups is 6. The standard InChI is InChI=1S/C52H65NO13.C10H8N2OS.CH4S/c1-17-41(54)64-50(11,12)30-47(5,6)61-37-23-20-34(21-24-37)45(57)59-38-26-33(4)44(36(27-38)29-53)60-46(58)35-22-25-39(62-48(7,8)31-51(13,14)65-42(55)18-2)40(28-35)63-49(9,10)32-52(15,16)66-43(56)19-3;1-2-9(13)12-10-11-7-5-3-4-6-8(7)14-10;1-2/h17-29,53H,1-3,30-32H2,4-16H3;2-6H,1H2,(H,11,12,13);2H,1H3. The maximum atomic E-state index is 13.9. The van der Waals surface area contributed by atoms with Gasteiger partial charge in [-0.1, -0.05) is 49.8 Å². The lowest BCUT2D eigenvalue weighted by molar-refractivity contribution is -0.155. The summed E-state index contributed by atoms with van der Waals surface area (Å²) in [5, 5.41) is 11.4. The Morgan fingerprint density at radius 3 is 1.50 bits per heavy atom. The van der Waals surface area contributed by atoms with E-state index in [1.54, 1.807) is 98.9 Å². The second-order valence-electron chi connectivity index (χ2n) is 22.2. The third-order valence-corrected chi connectivity index (χ3v) is 12.1. The molecule has 0 aliphatic rings. The topological polar surface area (TPSA) is 225 Å². The molecule has 0 unspecified atom stereocenters. The number of para-hydroxylation sites is 1. The number of nitrogens with one attached hydrogen (secondary N) is 2. The molecule has 0 fully saturated rings. The number of thiazole rings is 1. The Kier molecular flexibility index (Phi) is 24.2. The number of fused-ring (bicyclic) bond motifs is 1. The summed E-state index contributed by atoms with van der Waals surface area (Å²) in [5.74, 6) is -2.33. The molecule has 82 heavy (non-hydrogen) atoms. The lowest BCUT2D eigenvalue weighted by Gasteiger charge is -2.37. The number of carbonyl (C=O) groups excluding carboxylic acids is 6. The minimum absolute atomic E-state index is 0.0627. The van der Waals surface area contributed by atoms with Gasteiger partial charge in [0.05, 0.1) is 21.3 Å². The van der Waals surface area contributed by atoms with Crippen LogP contribution in [0, 0.1) is 12.3 Å². The predicted octanol–water partition coefficient (Wildman–Crippen LogP) is 13.6. The molecule has 0 aliphatic carbocycles. The normalized spacial score (nSPS) is 11.5. The monoisotopic (exact) mass is 1160 g/mol. The van der Waals surface area contributed by atoms with E-state index in [2.05, 4.69) is 49.2 Å². The number of ether oxygens (including phenoxy) is 8. The van der Waals surface area contributed by atoms with Gasteiger partial charge in [-0.15, -0.1) is 0 Å². The molecular formula is C63H77N3O14S2. The highest BCUT2D eigenvalue weighted by atomic mass is 32.1. The van der Waals surface area contributed by atoms with Crippen LogP contribution in [-0.4, -0.2) is 86.8 Å². The third kappa shape index (κ3) is 22.1. The molecule has 2 N–H and O–H groups in total. The minimum Gasteiger partial charge on any atom is -0.488 e. The maximum absolute atomic E-state index is 13.9. The first-order chi connectivity index (χ1) is 38.1. The van der Waals surface area contributed by atoms with Gasteiger partial charge in [0.1, 0.15) is 50.9 Å². The van der Waals surface area contributed by atoms with E-state index in [1.807, 2.05) is 52.0 Å². The number of esters is 5. The Balaban J connectivity index is 0.000000941. The van der Waals surface area contributed by atoms with Crippen molar-refractivity contribution < 1.29 is 66.7 Å². The van der Waals surface area contributed by atoms with Crippen molar-refractivity contribution in [3.8, 4) is 28.7 Å². The fourth-order valence-corrected chi connectivity index (χ4v) is 9.95.